The van der Waals surface area contributed by atoms with Gasteiger partial charge in [0.15, 0.2) is 11.5 Å². The molecule has 6 heteroatoms. The van der Waals surface area contributed by atoms with Gasteiger partial charge >= 0.3 is 0 Å². The van der Waals surface area contributed by atoms with E-state index in [1.54, 1.807) is 31.2 Å². The molecule has 1 atom stereocenters. The van der Waals surface area contributed by atoms with Gasteiger partial charge in [-0.05, 0) is 25.1 Å². The van der Waals surface area contributed by atoms with Gasteiger partial charge in [-0.3, -0.25) is 4.79 Å². The Morgan fingerprint density at radius 2 is 2.00 bits per heavy atom. The summed E-state index contributed by atoms with van der Waals surface area (Å²) in [6, 6.07) is 10.2. The van der Waals surface area contributed by atoms with Crippen molar-refractivity contribution in [2.45, 2.75) is 13.0 Å². The van der Waals surface area contributed by atoms with Gasteiger partial charge < -0.3 is 14.8 Å². The Kier molecular flexibility index (Phi) is 5.38. The highest BCUT2D eigenvalue weighted by Gasteiger charge is 2.22. The lowest BCUT2D eigenvalue weighted by Gasteiger charge is -2.17. The van der Waals surface area contributed by atoms with E-state index in [9.17, 15) is 14.4 Å². The molecule has 0 bridgehead atoms. The number of methoxy groups -OCH3 is 2. The second kappa shape index (κ2) is 7.47. The maximum atomic E-state index is 13.9. The Hall–Kier alpha value is -3.07. The molecule has 2 rings (SSSR count). The molecule has 2 aromatic carbocycles. The molecule has 24 heavy (non-hydrogen) atoms. The van der Waals surface area contributed by atoms with Crippen LogP contribution in [0.25, 0.3) is 0 Å². The minimum Gasteiger partial charge on any atom is -0.493 e. The molecule has 5 nitrogen and oxygen atoms in total. The zero-order chi connectivity index (χ0) is 17.7. The van der Waals surface area contributed by atoms with Crippen LogP contribution in [0.3, 0.4) is 0 Å². The molecule has 0 saturated carbocycles. The number of hydrogen-bond donors (Lipinski definition) is 1. The second-order valence-electron chi connectivity index (χ2n) is 5.10. The molecule has 0 fully saturated rings. The van der Waals surface area contributed by atoms with Crippen LogP contribution in [0.4, 0.5) is 4.39 Å². The number of para-hydroxylation sites is 1. The van der Waals surface area contributed by atoms with Gasteiger partial charge in [0.1, 0.15) is 11.9 Å². The average Bonchev–Trinajstić information content (AvgIpc) is 2.60. The van der Waals surface area contributed by atoms with Crippen molar-refractivity contribution in [3.05, 3.63) is 58.9 Å². The molecule has 0 radical (unpaired) electrons. The maximum Gasteiger partial charge on any atom is 0.255 e. The van der Waals surface area contributed by atoms with Crippen LogP contribution >= 0.6 is 0 Å². The third-order valence-corrected chi connectivity index (χ3v) is 3.52. The number of nitrogens with one attached hydrogen (secondary N) is 1. The minimum atomic E-state index is -1.01. The van der Waals surface area contributed by atoms with E-state index in [-0.39, 0.29) is 5.56 Å². The Balaban J connectivity index is 2.35. The number of rotatable bonds is 5. The molecule has 1 N–H and O–H groups in total. The van der Waals surface area contributed by atoms with Gasteiger partial charge in [0.05, 0.1) is 25.9 Å². The first-order chi connectivity index (χ1) is 11.5. The summed E-state index contributed by atoms with van der Waals surface area (Å²) in [6.45, 7) is 1.75. The summed E-state index contributed by atoms with van der Waals surface area (Å²) in [6.07, 6.45) is 0. The fourth-order valence-corrected chi connectivity index (χ4v) is 2.34. The van der Waals surface area contributed by atoms with Crippen molar-refractivity contribution in [3.63, 3.8) is 0 Å². The second-order valence-corrected chi connectivity index (χ2v) is 5.10. The number of nitriles is 1. The molecule has 124 valence electrons. The van der Waals surface area contributed by atoms with Crippen molar-refractivity contribution >= 4 is 5.91 Å². The molecule has 0 spiro atoms. The Morgan fingerprint density at radius 1 is 1.25 bits per heavy atom. The van der Waals surface area contributed by atoms with Crippen LogP contribution in [0.1, 0.15) is 27.5 Å². The van der Waals surface area contributed by atoms with E-state index in [0.717, 1.165) is 5.56 Å². The lowest BCUT2D eigenvalue weighted by atomic mass is 10.0. The predicted molar refractivity (Wildman–Crippen MR) is 86.5 cm³/mol. The number of amides is 1. The van der Waals surface area contributed by atoms with Gasteiger partial charge in [0.2, 0.25) is 0 Å². The van der Waals surface area contributed by atoms with Crippen molar-refractivity contribution < 1.29 is 18.7 Å². The normalized spacial score (nSPS) is 11.3. The van der Waals surface area contributed by atoms with Gasteiger partial charge in [-0.1, -0.05) is 23.8 Å². The number of ether oxygens (including phenoxy) is 2. The van der Waals surface area contributed by atoms with Crippen molar-refractivity contribution in [2.75, 3.05) is 14.2 Å². The fraction of sp³-hybridized carbons (Fsp3) is 0.222. The van der Waals surface area contributed by atoms with Crippen LogP contribution in [0.5, 0.6) is 11.5 Å². The number of hydrogen-bond acceptors (Lipinski definition) is 4. The SMILES string of the molecule is COc1cccc(C(C#N)NC(=O)c2cc(C)ccc2F)c1OC. The number of carbonyl (C=O) groups is 1. The first kappa shape index (κ1) is 17.3. The highest BCUT2D eigenvalue weighted by Crippen LogP contribution is 2.34. The van der Waals surface area contributed by atoms with Crippen molar-refractivity contribution in [2.24, 2.45) is 0 Å². The summed E-state index contributed by atoms with van der Waals surface area (Å²) in [5.74, 6) is -0.539. The smallest absolute Gasteiger partial charge is 0.255 e. The van der Waals surface area contributed by atoms with Crippen LogP contribution in [0.2, 0.25) is 0 Å². The van der Waals surface area contributed by atoms with E-state index in [2.05, 4.69) is 5.32 Å². The summed E-state index contributed by atoms with van der Waals surface area (Å²) < 4.78 is 24.3. The number of halogens is 1. The first-order valence-corrected chi connectivity index (χ1v) is 7.19. The van der Waals surface area contributed by atoms with Gasteiger partial charge in [0, 0.05) is 5.56 Å². The standard InChI is InChI=1S/C18H17FN2O3/c1-11-7-8-14(19)13(9-11)18(22)21-15(10-20)12-5-4-6-16(23-2)17(12)24-3/h4-9,15H,1-3H3,(H,21,22). The molecule has 2 aromatic rings. The van der Waals surface area contributed by atoms with Gasteiger partial charge in [0.25, 0.3) is 5.91 Å². The largest absolute Gasteiger partial charge is 0.493 e. The molecule has 0 heterocycles. The molecule has 0 aliphatic heterocycles. The Bertz CT molecular complexity index is 799. The maximum absolute atomic E-state index is 13.9. The predicted octanol–water partition coefficient (Wildman–Crippen LogP) is 3.15. The molecule has 0 aliphatic carbocycles. The number of aryl methyl sites for hydroxylation is 1. The number of benzene rings is 2. The molecular weight excluding hydrogens is 311 g/mol. The van der Waals surface area contributed by atoms with Gasteiger partial charge in [-0.2, -0.15) is 5.26 Å². The van der Waals surface area contributed by atoms with Gasteiger partial charge in [-0.25, -0.2) is 4.39 Å². The minimum absolute atomic E-state index is 0.114. The Labute approximate surface area is 139 Å². The molecule has 0 saturated heterocycles. The van der Waals surface area contributed by atoms with Gasteiger partial charge in [-0.15, -0.1) is 0 Å². The van der Waals surface area contributed by atoms with E-state index in [4.69, 9.17) is 9.47 Å². The third kappa shape index (κ3) is 3.46. The van der Waals surface area contributed by atoms with Crippen molar-refractivity contribution in [1.29, 1.82) is 5.26 Å². The van der Waals surface area contributed by atoms with Crippen LogP contribution in [-0.4, -0.2) is 20.1 Å². The quantitative estimate of drug-likeness (QED) is 0.915. The lowest BCUT2D eigenvalue weighted by molar-refractivity contribution is 0.0940. The van der Waals surface area contributed by atoms with Crippen molar-refractivity contribution in [3.8, 4) is 17.6 Å². The fourth-order valence-electron chi connectivity index (χ4n) is 2.34. The number of nitrogens with zero attached hydrogens (tertiary/aromatic N) is 1. The van der Waals surface area contributed by atoms with E-state index in [1.165, 1.54) is 26.4 Å². The topological polar surface area (TPSA) is 71.3 Å². The highest BCUT2D eigenvalue weighted by atomic mass is 19.1. The summed E-state index contributed by atoms with van der Waals surface area (Å²) in [5.41, 5.74) is 1.06. The summed E-state index contributed by atoms with van der Waals surface area (Å²) in [7, 11) is 2.92. The third-order valence-electron chi connectivity index (χ3n) is 3.52. The van der Waals surface area contributed by atoms with E-state index >= 15 is 0 Å². The summed E-state index contributed by atoms with van der Waals surface area (Å²) in [5, 5.41) is 11.9. The van der Waals surface area contributed by atoms with Crippen LogP contribution in [0.15, 0.2) is 36.4 Å². The monoisotopic (exact) mass is 328 g/mol. The van der Waals surface area contributed by atoms with Crippen molar-refractivity contribution in [1.82, 2.24) is 5.32 Å². The lowest BCUT2D eigenvalue weighted by Crippen LogP contribution is -2.28. The number of carbonyl (C=O) groups excluding carboxylic acids is 1. The molecule has 1 amide bonds. The molecule has 1 unspecified atom stereocenters. The van der Waals surface area contributed by atoms with E-state index in [0.29, 0.717) is 17.1 Å². The van der Waals surface area contributed by atoms with E-state index < -0.39 is 17.8 Å². The van der Waals surface area contributed by atoms with Crippen LogP contribution < -0.4 is 14.8 Å². The zero-order valence-corrected chi connectivity index (χ0v) is 13.6. The highest BCUT2D eigenvalue weighted by molar-refractivity contribution is 5.95. The van der Waals surface area contributed by atoms with E-state index in [1.807, 2.05) is 6.07 Å². The molecular formula is C18H17FN2O3. The summed E-state index contributed by atoms with van der Waals surface area (Å²) >= 11 is 0. The summed E-state index contributed by atoms with van der Waals surface area (Å²) in [4.78, 5) is 12.3. The molecule has 0 aliphatic rings. The Morgan fingerprint density at radius 3 is 2.62 bits per heavy atom. The average molecular weight is 328 g/mol. The first-order valence-electron chi connectivity index (χ1n) is 7.19. The van der Waals surface area contributed by atoms with Crippen LogP contribution in [0, 0.1) is 24.1 Å². The zero-order valence-electron chi connectivity index (χ0n) is 13.6. The molecule has 0 aromatic heterocycles. The van der Waals surface area contributed by atoms with Crippen LogP contribution in [-0.2, 0) is 0 Å².